The highest BCUT2D eigenvalue weighted by Crippen LogP contribution is 2.24. The number of rotatable bonds is 9. The van der Waals surface area contributed by atoms with Crippen LogP contribution < -0.4 is 10.2 Å². The fraction of sp³-hybridized carbons (Fsp3) is 0.448. The largest absolute Gasteiger partial charge is 0.441 e. The highest BCUT2D eigenvalue weighted by atomic mass is 16.4. The molecule has 0 saturated carbocycles. The van der Waals surface area contributed by atoms with Crippen molar-refractivity contribution in [3.63, 3.8) is 0 Å². The average molecular weight is 488 g/mol. The fourth-order valence-electron chi connectivity index (χ4n) is 5.09. The van der Waals surface area contributed by atoms with E-state index in [4.69, 9.17) is 9.40 Å². The first kappa shape index (κ1) is 24.5. The molecule has 0 aliphatic carbocycles. The molecule has 2 aliphatic rings. The van der Waals surface area contributed by atoms with Gasteiger partial charge in [0, 0.05) is 56.1 Å². The van der Waals surface area contributed by atoms with Gasteiger partial charge in [0.2, 0.25) is 5.89 Å². The fourth-order valence-corrected chi connectivity index (χ4v) is 5.09. The summed E-state index contributed by atoms with van der Waals surface area (Å²) in [6.07, 6.45) is 3.59. The van der Waals surface area contributed by atoms with Crippen LogP contribution in [0.5, 0.6) is 0 Å². The summed E-state index contributed by atoms with van der Waals surface area (Å²) in [6.45, 7) is 10.9. The third-order valence-electron chi connectivity index (χ3n) is 7.29. The maximum atomic E-state index is 12.5. The van der Waals surface area contributed by atoms with E-state index in [-0.39, 0.29) is 5.91 Å². The zero-order chi connectivity index (χ0) is 24.7. The van der Waals surface area contributed by atoms with Crippen LogP contribution in [0.2, 0.25) is 0 Å². The van der Waals surface area contributed by atoms with Crippen LogP contribution >= 0.6 is 0 Å². The van der Waals surface area contributed by atoms with Crippen molar-refractivity contribution in [3.05, 3.63) is 71.6 Å². The van der Waals surface area contributed by atoms with Crippen molar-refractivity contribution in [2.75, 3.05) is 57.3 Å². The molecule has 0 atom stereocenters. The number of amides is 1. The number of hydrogen-bond donors (Lipinski definition) is 1. The molecule has 3 aromatic rings. The van der Waals surface area contributed by atoms with Crippen molar-refractivity contribution >= 4 is 11.6 Å². The number of nitrogens with zero attached hydrogens (tertiary/aromatic N) is 4. The number of aromatic nitrogens is 1. The molecule has 0 spiro atoms. The Morgan fingerprint density at radius 1 is 0.917 bits per heavy atom. The molecule has 0 unspecified atom stereocenters. The number of carbonyl (C=O) groups excluding carboxylic acids is 1. The molecule has 36 heavy (non-hydrogen) atoms. The lowest BCUT2D eigenvalue weighted by Gasteiger charge is -2.35. The summed E-state index contributed by atoms with van der Waals surface area (Å²) >= 11 is 0. The van der Waals surface area contributed by atoms with Gasteiger partial charge in [-0.15, -0.1) is 0 Å². The predicted octanol–water partition coefficient (Wildman–Crippen LogP) is 4.19. The minimum absolute atomic E-state index is 0.0260. The van der Waals surface area contributed by atoms with Crippen molar-refractivity contribution in [2.45, 2.75) is 32.7 Å². The zero-order valence-electron chi connectivity index (χ0n) is 21.3. The first-order chi connectivity index (χ1) is 17.7. The molecule has 7 heteroatoms. The number of likely N-dealkylation sites (tertiary alicyclic amines) is 1. The van der Waals surface area contributed by atoms with Gasteiger partial charge in [0.15, 0.2) is 0 Å². The van der Waals surface area contributed by atoms with Crippen LogP contribution in [0, 0.1) is 6.92 Å². The Balaban J connectivity index is 1.11. The van der Waals surface area contributed by atoms with E-state index in [1.807, 2.05) is 31.2 Å². The van der Waals surface area contributed by atoms with Gasteiger partial charge in [-0.05, 0) is 82.2 Å². The van der Waals surface area contributed by atoms with Gasteiger partial charge in [0.25, 0.3) is 5.91 Å². The molecule has 2 saturated heterocycles. The number of oxazole rings is 1. The molecule has 3 heterocycles. The number of hydrogen-bond acceptors (Lipinski definition) is 6. The zero-order valence-corrected chi connectivity index (χ0v) is 21.3. The molecular formula is C29H37N5O2. The minimum atomic E-state index is -0.0260. The normalized spacial score (nSPS) is 17.0. The Morgan fingerprint density at radius 2 is 1.64 bits per heavy atom. The Labute approximate surface area is 214 Å². The summed E-state index contributed by atoms with van der Waals surface area (Å²) in [5.41, 5.74) is 3.83. The molecule has 0 radical (unpaired) electrons. The van der Waals surface area contributed by atoms with Gasteiger partial charge in [-0.1, -0.05) is 18.2 Å². The van der Waals surface area contributed by atoms with Crippen LogP contribution in [0.1, 0.15) is 41.1 Å². The quantitative estimate of drug-likeness (QED) is 0.457. The average Bonchev–Trinajstić information content (AvgIpc) is 3.57. The van der Waals surface area contributed by atoms with E-state index in [1.165, 1.54) is 31.6 Å². The molecule has 2 aromatic carbocycles. The lowest BCUT2D eigenvalue weighted by Crippen LogP contribution is -2.46. The highest BCUT2D eigenvalue weighted by molar-refractivity contribution is 5.94. The van der Waals surface area contributed by atoms with E-state index in [1.54, 1.807) is 0 Å². The summed E-state index contributed by atoms with van der Waals surface area (Å²) in [5, 5.41) is 3.04. The first-order valence-corrected chi connectivity index (χ1v) is 13.3. The van der Waals surface area contributed by atoms with Crippen molar-refractivity contribution in [1.29, 1.82) is 0 Å². The molecule has 1 N–H and O–H groups in total. The topological polar surface area (TPSA) is 64.9 Å². The van der Waals surface area contributed by atoms with Crippen LogP contribution in [0.4, 0.5) is 5.69 Å². The van der Waals surface area contributed by atoms with Gasteiger partial charge in [-0.3, -0.25) is 9.69 Å². The van der Waals surface area contributed by atoms with Crippen molar-refractivity contribution in [2.24, 2.45) is 0 Å². The Kier molecular flexibility index (Phi) is 7.98. The lowest BCUT2D eigenvalue weighted by atomic mass is 10.1. The molecule has 7 nitrogen and oxygen atoms in total. The van der Waals surface area contributed by atoms with Gasteiger partial charge in [-0.2, -0.15) is 0 Å². The van der Waals surface area contributed by atoms with Gasteiger partial charge in [0.1, 0.15) is 5.76 Å². The van der Waals surface area contributed by atoms with Crippen molar-refractivity contribution in [1.82, 2.24) is 20.1 Å². The van der Waals surface area contributed by atoms with E-state index in [9.17, 15) is 4.79 Å². The van der Waals surface area contributed by atoms with E-state index in [2.05, 4.69) is 50.3 Å². The highest BCUT2D eigenvalue weighted by Gasteiger charge is 2.20. The van der Waals surface area contributed by atoms with Gasteiger partial charge < -0.3 is 19.5 Å². The molecule has 190 valence electrons. The Bertz CT molecular complexity index is 1110. The monoisotopic (exact) mass is 487 g/mol. The van der Waals surface area contributed by atoms with Gasteiger partial charge in [-0.25, -0.2) is 4.98 Å². The van der Waals surface area contributed by atoms with Gasteiger partial charge >= 0.3 is 0 Å². The Hall–Kier alpha value is -3.16. The van der Waals surface area contributed by atoms with E-state index in [0.29, 0.717) is 18.0 Å². The maximum Gasteiger partial charge on any atom is 0.251 e. The number of nitrogens with one attached hydrogen (secondary N) is 1. The SMILES string of the molecule is Cc1oc(-c2ccc(C(=O)NCCCN3CCCC3)cc2)nc1CN1CCN(c2ccccc2)CC1. The van der Waals surface area contributed by atoms with E-state index in [0.717, 1.165) is 62.7 Å². The summed E-state index contributed by atoms with van der Waals surface area (Å²) in [6, 6.07) is 18.2. The molecular weight excluding hydrogens is 450 g/mol. The Morgan fingerprint density at radius 3 is 2.36 bits per heavy atom. The second kappa shape index (κ2) is 11.7. The van der Waals surface area contributed by atoms with Crippen LogP contribution in [0.15, 0.2) is 59.0 Å². The van der Waals surface area contributed by atoms with Crippen LogP contribution in [-0.4, -0.2) is 73.0 Å². The number of aryl methyl sites for hydroxylation is 1. The molecule has 1 amide bonds. The number of benzene rings is 2. The van der Waals surface area contributed by atoms with E-state index < -0.39 is 0 Å². The van der Waals surface area contributed by atoms with E-state index >= 15 is 0 Å². The molecule has 0 bridgehead atoms. The summed E-state index contributed by atoms with van der Waals surface area (Å²) in [7, 11) is 0. The van der Waals surface area contributed by atoms with Crippen LogP contribution in [-0.2, 0) is 6.54 Å². The number of piperazine rings is 1. The standard InChI is InChI=1S/C29H37N5O2/c1-23-27(22-33-18-20-34(21-19-33)26-8-3-2-4-9-26)31-29(36-23)25-12-10-24(11-13-25)28(35)30-14-7-17-32-15-5-6-16-32/h2-4,8-13H,5-7,14-22H2,1H3,(H,30,35). The number of anilines is 1. The summed E-state index contributed by atoms with van der Waals surface area (Å²) in [5.74, 6) is 1.44. The van der Waals surface area contributed by atoms with Crippen molar-refractivity contribution in [3.8, 4) is 11.5 Å². The van der Waals surface area contributed by atoms with Crippen LogP contribution in [0.3, 0.4) is 0 Å². The molecule has 5 rings (SSSR count). The predicted molar refractivity (Wildman–Crippen MR) is 143 cm³/mol. The lowest BCUT2D eigenvalue weighted by molar-refractivity contribution is 0.0952. The summed E-state index contributed by atoms with van der Waals surface area (Å²) in [4.78, 5) is 24.6. The second-order valence-corrected chi connectivity index (χ2v) is 9.86. The van der Waals surface area contributed by atoms with Crippen molar-refractivity contribution < 1.29 is 9.21 Å². The number of carbonyl (C=O) groups is 1. The summed E-state index contributed by atoms with van der Waals surface area (Å²) < 4.78 is 6.01. The second-order valence-electron chi connectivity index (χ2n) is 9.86. The molecule has 2 aliphatic heterocycles. The third kappa shape index (κ3) is 6.15. The molecule has 2 fully saturated rings. The maximum absolute atomic E-state index is 12.5. The molecule has 1 aromatic heterocycles. The number of para-hydroxylation sites is 1. The van der Waals surface area contributed by atoms with Gasteiger partial charge in [0.05, 0.1) is 5.69 Å². The van der Waals surface area contributed by atoms with Crippen LogP contribution in [0.25, 0.3) is 11.5 Å². The first-order valence-electron chi connectivity index (χ1n) is 13.3. The third-order valence-corrected chi connectivity index (χ3v) is 7.29. The minimum Gasteiger partial charge on any atom is -0.441 e. The smallest absolute Gasteiger partial charge is 0.251 e.